The molecule has 0 unspecified atom stereocenters. The maximum Gasteiger partial charge on any atom is 0.253 e. The van der Waals surface area contributed by atoms with Gasteiger partial charge in [0.25, 0.3) is 5.91 Å². The third-order valence-corrected chi connectivity index (χ3v) is 6.89. The Kier molecular flexibility index (Phi) is 4.43. The van der Waals surface area contributed by atoms with E-state index >= 15 is 0 Å². The Hall–Kier alpha value is -2.66. The monoisotopic (exact) mass is 389 g/mol. The van der Waals surface area contributed by atoms with Crippen molar-refractivity contribution in [3.05, 3.63) is 65.0 Å². The average Bonchev–Trinajstić information content (AvgIpc) is 3.07. The van der Waals surface area contributed by atoms with Crippen molar-refractivity contribution in [1.29, 1.82) is 0 Å². The van der Waals surface area contributed by atoms with Gasteiger partial charge in [-0.05, 0) is 56.0 Å². The Bertz CT molecular complexity index is 1050. The van der Waals surface area contributed by atoms with Crippen molar-refractivity contribution >= 4 is 16.7 Å². The second-order valence-corrected chi connectivity index (χ2v) is 8.59. The lowest BCUT2D eigenvalue weighted by molar-refractivity contribution is -0.0651. The predicted octanol–water partition coefficient (Wildman–Crippen LogP) is 4.33. The number of amides is 1. The molecule has 2 aromatic carbocycles. The zero-order valence-electron chi connectivity index (χ0n) is 17.1. The number of rotatable bonds is 3. The lowest BCUT2D eigenvalue weighted by atomic mass is 9.77. The molecule has 1 aromatic heterocycles. The van der Waals surface area contributed by atoms with Crippen LogP contribution in [0.5, 0.6) is 0 Å². The minimum Gasteiger partial charge on any atom is -0.361 e. The van der Waals surface area contributed by atoms with Gasteiger partial charge in [-0.15, -0.1) is 0 Å². The van der Waals surface area contributed by atoms with E-state index in [-0.39, 0.29) is 11.4 Å². The van der Waals surface area contributed by atoms with Crippen LogP contribution in [-0.4, -0.2) is 46.0 Å². The summed E-state index contributed by atoms with van der Waals surface area (Å²) in [5, 5.41) is 6.39. The van der Waals surface area contributed by atoms with Crippen molar-refractivity contribution in [3.63, 3.8) is 0 Å². The van der Waals surface area contributed by atoms with Crippen molar-refractivity contribution < 1.29 is 9.32 Å². The van der Waals surface area contributed by atoms with Crippen LogP contribution in [0.25, 0.3) is 10.8 Å². The Morgan fingerprint density at radius 2 is 1.93 bits per heavy atom. The first kappa shape index (κ1) is 18.4. The molecule has 5 rings (SSSR count). The van der Waals surface area contributed by atoms with E-state index in [1.807, 2.05) is 38.1 Å². The van der Waals surface area contributed by atoms with Crippen LogP contribution >= 0.6 is 0 Å². The average molecular weight is 389 g/mol. The molecular formula is C24H27N3O2. The summed E-state index contributed by atoms with van der Waals surface area (Å²) in [7, 11) is 0. The maximum absolute atomic E-state index is 13.3. The second kappa shape index (κ2) is 6.99. The van der Waals surface area contributed by atoms with E-state index in [0.717, 1.165) is 67.8 Å². The van der Waals surface area contributed by atoms with E-state index in [1.165, 1.54) is 10.9 Å². The first-order chi connectivity index (χ1) is 14.1. The molecule has 1 atom stereocenters. The topological polar surface area (TPSA) is 49.6 Å². The van der Waals surface area contributed by atoms with Crippen molar-refractivity contribution in [1.82, 2.24) is 15.0 Å². The molecule has 5 nitrogen and oxygen atoms in total. The van der Waals surface area contributed by atoms with Crippen molar-refractivity contribution in [2.75, 3.05) is 19.6 Å². The molecule has 0 aliphatic carbocycles. The number of piperidine rings is 1. The number of carbonyl (C=O) groups is 1. The Labute approximate surface area is 171 Å². The molecule has 0 saturated carbocycles. The van der Waals surface area contributed by atoms with E-state index in [9.17, 15) is 4.79 Å². The SMILES string of the molecule is Cc1noc(C)c1CN1CC[C@@]12CCCN(C(=O)c1ccc3ccccc3c1)C2. The minimum absolute atomic E-state index is 0.0981. The number of aromatic nitrogens is 1. The molecule has 2 saturated heterocycles. The molecule has 2 aliphatic rings. The quantitative estimate of drug-likeness (QED) is 0.669. The number of fused-ring (bicyclic) bond motifs is 1. The first-order valence-electron chi connectivity index (χ1n) is 10.5. The number of aryl methyl sites for hydroxylation is 2. The summed E-state index contributed by atoms with van der Waals surface area (Å²) in [5.41, 5.74) is 3.06. The van der Waals surface area contributed by atoms with Crippen LogP contribution in [0.3, 0.4) is 0 Å². The summed E-state index contributed by atoms with van der Waals surface area (Å²) < 4.78 is 5.35. The zero-order chi connectivity index (χ0) is 20.0. The maximum atomic E-state index is 13.3. The van der Waals surface area contributed by atoms with Crippen LogP contribution in [-0.2, 0) is 6.54 Å². The van der Waals surface area contributed by atoms with Crippen LogP contribution in [0.15, 0.2) is 47.0 Å². The third-order valence-electron chi connectivity index (χ3n) is 6.89. The largest absolute Gasteiger partial charge is 0.361 e. The van der Waals surface area contributed by atoms with E-state index in [4.69, 9.17) is 4.52 Å². The number of hydrogen-bond acceptors (Lipinski definition) is 4. The predicted molar refractivity (Wildman–Crippen MR) is 113 cm³/mol. The van der Waals surface area contributed by atoms with Gasteiger partial charge in [0.2, 0.25) is 0 Å². The van der Waals surface area contributed by atoms with Gasteiger partial charge in [0.05, 0.1) is 5.69 Å². The van der Waals surface area contributed by atoms with Crippen LogP contribution < -0.4 is 0 Å². The summed E-state index contributed by atoms with van der Waals surface area (Å²) in [6.45, 7) is 7.57. The van der Waals surface area contributed by atoms with Gasteiger partial charge in [-0.3, -0.25) is 9.69 Å². The molecule has 3 aromatic rings. The fourth-order valence-electron chi connectivity index (χ4n) is 5.00. The van der Waals surface area contributed by atoms with E-state index < -0.39 is 0 Å². The lowest BCUT2D eigenvalue weighted by Crippen LogP contribution is -2.67. The van der Waals surface area contributed by atoms with Crippen LogP contribution in [0.4, 0.5) is 0 Å². The summed E-state index contributed by atoms with van der Waals surface area (Å²) in [6, 6.07) is 14.3. The standard InChI is InChI=1S/C24H27N3O2/c1-17-22(18(2)29-25-17)15-27-13-11-24(27)10-5-12-26(16-24)23(28)21-9-8-19-6-3-4-7-20(19)14-21/h3-4,6-9,14H,5,10-13,15-16H2,1-2H3/t24-/m1/s1. The third kappa shape index (κ3) is 3.14. The molecule has 0 N–H and O–H groups in total. The highest BCUT2D eigenvalue weighted by Gasteiger charge is 2.48. The van der Waals surface area contributed by atoms with Gasteiger partial charge < -0.3 is 9.42 Å². The molecule has 1 amide bonds. The van der Waals surface area contributed by atoms with Crippen molar-refractivity contribution in [3.8, 4) is 0 Å². The van der Waals surface area contributed by atoms with Crippen molar-refractivity contribution in [2.45, 2.75) is 45.2 Å². The van der Waals surface area contributed by atoms with Gasteiger partial charge in [0, 0.05) is 42.8 Å². The Morgan fingerprint density at radius 3 is 2.66 bits per heavy atom. The highest BCUT2D eigenvalue weighted by molar-refractivity contribution is 5.98. The fraction of sp³-hybridized carbons (Fsp3) is 0.417. The molecule has 29 heavy (non-hydrogen) atoms. The second-order valence-electron chi connectivity index (χ2n) is 8.59. The summed E-state index contributed by atoms with van der Waals surface area (Å²) in [6.07, 6.45) is 3.35. The summed E-state index contributed by atoms with van der Waals surface area (Å²) in [5.74, 6) is 1.06. The molecule has 5 heteroatoms. The molecule has 0 radical (unpaired) electrons. The number of carbonyl (C=O) groups excluding carboxylic acids is 1. The number of benzene rings is 2. The van der Waals surface area contributed by atoms with Gasteiger partial charge in [-0.1, -0.05) is 35.5 Å². The van der Waals surface area contributed by atoms with Crippen LogP contribution in [0.2, 0.25) is 0 Å². The van der Waals surface area contributed by atoms with E-state index in [2.05, 4.69) is 33.2 Å². The van der Waals surface area contributed by atoms with E-state index in [1.54, 1.807) is 0 Å². The van der Waals surface area contributed by atoms with Crippen molar-refractivity contribution in [2.24, 2.45) is 0 Å². The first-order valence-corrected chi connectivity index (χ1v) is 10.5. The number of nitrogens with zero attached hydrogens (tertiary/aromatic N) is 3. The molecule has 150 valence electrons. The number of hydrogen-bond donors (Lipinski definition) is 0. The molecule has 2 fully saturated rings. The molecule has 1 spiro atoms. The minimum atomic E-state index is 0.0981. The Balaban J connectivity index is 1.35. The smallest absolute Gasteiger partial charge is 0.253 e. The highest BCUT2D eigenvalue weighted by Crippen LogP contribution is 2.40. The highest BCUT2D eigenvalue weighted by atomic mass is 16.5. The van der Waals surface area contributed by atoms with Gasteiger partial charge in [-0.2, -0.15) is 0 Å². The zero-order valence-corrected chi connectivity index (χ0v) is 17.1. The van der Waals surface area contributed by atoms with E-state index in [0.29, 0.717) is 0 Å². The molecule has 2 aliphatic heterocycles. The van der Waals surface area contributed by atoms with Crippen LogP contribution in [0, 0.1) is 13.8 Å². The summed E-state index contributed by atoms with van der Waals surface area (Å²) in [4.78, 5) is 17.9. The van der Waals surface area contributed by atoms with Gasteiger partial charge >= 0.3 is 0 Å². The molecular weight excluding hydrogens is 362 g/mol. The van der Waals surface area contributed by atoms with Crippen LogP contribution in [0.1, 0.15) is 46.6 Å². The molecule has 0 bridgehead atoms. The lowest BCUT2D eigenvalue weighted by Gasteiger charge is -2.57. The summed E-state index contributed by atoms with van der Waals surface area (Å²) >= 11 is 0. The van der Waals surface area contributed by atoms with Gasteiger partial charge in [-0.25, -0.2) is 0 Å². The van der Waals surface area contributed by atoms with Gasteiger partial charge in [0.1, 0.15) is 5.76 Å². The normalized spacial score (nSPS) is 22.2. The molecule has 3 heterocycles. The Morgan fingerprint density at radius 1 is 1.10 bits per heavy atom. The number of likely N-dealkylation sites (tertiary alicyclic amines) is 2. The van der Waals surface area contributed by atoms with Gasteiger partial charge in [0.15, 0.2) is 0 Å². The fourth-order valence-corrected chi connectivity index (χ4v) is 5.00.